The van der Waals surface area contributed by atoms with E-state index < -0.39 is 33.5 Å². The van der Waals surface area contributed by atoms with Gasteiger partial charge in [-0.25, -0.2) is 13.2 Å². The zero-order chi connectivity index (χ0) is 15.2. The number of piperidine rings is 1. The number of rotatable bonds is 7. The van der Waals surface area contributed by atoms with Gasteiger partial charge in [0, 0.05) is 6.54 Å². The van der Waals surface area contributed by atoms with Crippen molar-refractivity contribution in [2.45, 2.75) is 51.5 Å². The van der Waals surface area contributed by atoms with Gasteiger partial charge < -0.3 is 10.0 Å². The number of nitrogens with zero attached hydrogens (tertiary/aromatic N) is 1. The average molecular weight is 305 g/mol. The molecular weight excluding hydrogens is 282 g/mol. The Labute approximate surface area is 120 Å². The molecule has 116 valence electrons. The highest BCUT2D eigenvalue weighted by Crippen LogP contribution is 2.18. The minimum atomic E-state index is -3.44. The van der Waals surface area contributed by atoms with Gasteiger partial charge in [0.25, 0.3) is 0 Å². The van der Waals surface area contributed by atoms with Gasteiger partial charge in [0.1, 0.15) is 11.8 Å². The van der Waals surface area contributed by atoms with Crippen molar-refractivity contribution in [3.8, 4) is 0 Å². The van der Waals surface area contributed by atoms with Crippen molar-refractivity contribution < 1.29 is 23.1 Å². The molecule has 0 aromatic heterocycles. The SMILES string of the molecule is CCCCCS(=O)(=O)CC(=O)N1CCCCC1C(=O)O. The molecule has 1 amide bonds. The lowest BCUT2D eigenvalue weighted by Crippen LogP contribution is -2.49. The van der Waals surface area contributed by atoms with Gasteiger partial charge in [0.05, 0.1) is 5.75 Å². The predicted octanol–water partition coefficient (Wildman–Crippen LogP) is 1.06. The smallest absolute Gasteiger partial charge is 0.326 e. The first-order chi connectivity index (χ1) is 9.37. The molecule has 1 rings (SSSR count). The molecule has 0 bridgehead atoms. The Morgan fingerprint density at radius 2 is 1.95 bits per heavy atom. The number of carbonyl (C=O) groups is 2. The van der Waals surface area contributed by atoms with E-state index >= 15 is 0 Å². The second kappa shape index (κ2) is 7.61. The molecule has 20 heavy (non-hydrogen) atoms. The molecule has 1 N–H and O–H groups in total. The van der Waals surface area contributed by atoms with E-state index in [2.05, 4.69) is 0 Å². The van der Waals surface area contributed by atoms with Crippen molar-refractivity contribution in [1.82, 2.24) is 4.90 Å². The van der Waals surface area contributed by atoms with E-state index in [0.29, 0.717) is 19.4 Å². The Morgan fingerprint density at radius 1 is 1.25 bits per heavy atom. The molecular formula is C13H23NO5S. The Bertz CT molecular complexity index is 446. The summed E-state index contributed by atoms with van der Waals surface area (Å²) in [5.74, 6) is -2.20. The van der Waals surface area contributed by atoms with Gasteiger partial charge in [-0.05, 0) is 25.7 Å². The molecule has 0 aromatic carbocycles. The largest absolute Gasteiger partial charge is 0.480 e. The third kappa shape index (κ3) is 5.11. The van der Waals surface area contributed by atoms with E-state index in [1.54, 1.807) is 0 Å². The summed E-state index contributed by atoms with van der Waals surface area (Å²) in [5, 5.41) is 9.09. The second-order valence-electron chi connectivity index (χ2n) is 5.24. The molecule has 0 aromatic rings. The van der Waals surface area contributed by atoms with E-state index in [-0.39, 0.29) is 5.75 Å². The minimum Gasteiger partial charge on any atom is -0.480 e. The van der Waals surface area contributed by atoms with Crippen LogP contribution in [-0.4, -0.2) is 54.4 Å². The van der Waals surface area contributed by atoms with E-state index in [9.17, 15) is 18.0 Å². The summed E-state index contributed by atoms with van der Waals surface area (Å²) in [6, 6.07) is -0.873. The number of aliphatic carboxylic acids is 1. The Kier molecular flexibility index (Phi) is 6.45. The highest BCUT2D eigenvalue weighted by molar-refractivity contribution is 7.92. The monoisotopic (exact) mass is 305 g/mol. The molecule has 1 aliphatic rings. The number of hydrogen-bond acceptors (Lipinski definition) is 4. The third-order valence-electron chi connectivity index (χ3n) is 3.51. The Hall–Kier alpha value is -1.11. The van der Waals surface area contributed by atoms with Crippen LogP contribution in [0.1, 0.15) is 45.4 Å². The fourth-order valence-corrected chi connectivity index (χ4v) is 3.73. The lowest BCUT2D eigenvalue weighted by Gasteiger charge is -2.32. The first-order valence-electron chi connectivity index (χ1n) is 7.10. The number of amides is 1. The summed E-state index contributed by atoms with van der Waals surface area (Å²) in [7, 11) is -3.44. The van der Waals surface area contributed by atoms with Crippen LogP contribution in [0.15, 0.2) is 0 Å². The Morgan fingerprint density at radius 3 is 2.55 bits per heavy atom. The van der Waals surface area contributed by atoms with E-state index in [1.165, 1.54) is 4.90 Å². The molecule has 1 fully saturated rings. The number of carboxylic acid groups (broad SMARTS) is 1. The number of carboxylic acids is 1. The maximum absolute atomic E-state index is 12.0. The van der Waals surface area contributed by atoms with Crippen LogP contribution in [0.4, 0.5) is 0 Å². The molecule has 7 heteroatoms. The van der Waals surface area contributed by atoms with Gasteiger partial charge in [0.2, 0.25) is 5.91 Å². The molecule has 0 radical (unpaired) electrons. The first-order valence-corrected chi connectivity index (χ1v) is 8.92. The van der Waals surface area contributed by atoms with Gasteiger partial charge in [0.15, 0.2) is 9.84 Å². The zero-order valence-corrected chi connectivity index (χ0v) is 12.7. The number of unbranched alkanes of at least 4 members (excludes halogenated alkanes) is 2. The van der Waals surface area contributed by atoms with Gasteiger partial charge in [-0.2, -0.15) is 0 Å². The van der Waals surface area contributed by atoms with Crippen LogP contribution in [0.3, 0.4) is 0 Å². The van der Waals surface area contributed by atoms with Crippen molar-refractivity contribution in [2.24, 2.45) is 0 Å². The van der Waals surface area contributed by atoms with E-state index in [4.69, 9.17) is 5.11 Å². The topological polar surface area (TPSA) is 91.8 Å². The summed E-state index contributed by atoms with van der Waals surface area (Å²) < 4.78 is 23.7. The summed E-state index contributed by atoms with van der Waals surface area (Å²) >= 11 is 0. The van der Waals surface area contributed by atoms with Crippen molar-refractivity contribution in [1.29, 1.82) is 0 Å². The highest BCUT2D eigenvalue weighted by atomic mass is 32.2. The van der Waals surface area contributed by atoms with Crippen molar-refractivity contribution in [3.63, 3.8) is 0 Å². The van der Waals surface area contributed by atoms with Crippen molar-refractivity contribution >= 4 is 21.7 Å². The molecule has 1 saturated heterocycles. The molecule has 1 atom stereocenters. The fourth-order valence-electron chi connectivity index (χ4n) is 2.40. The Balaban J connectivity index is 2.62. The van der Waals surface area contributed by atoms with Crippen LogP contribution in [-0.2, 0) is 19.4 Å². The van der Waals surface area contributed by atoms with Gasteiger partial charge in [-0.1, -0.05) is 19.8 Å². The van der Waals surface area contributed by atoms with Crippen molar-refractivity contribution in [2.75, 3.05) is 18.1 Å². The lowest BCUT2D eigenvalue weighted by molar-refractivity contribution is -0.151. The molecule has 1 unspecified atom stereocenters. The van der Waals surface area contributed by atoms with Crippen molar-refractivity contribution in [3.05, 3.63) is 0 Å². The molecule has 1 aliphatic heterocycles. The van der Waals surface area contributed by atoms with Gasteiger partial charge in [-0.15, -0.1) is 0 Å². The first kappa shape index (κ1) is 16.9. The summed E-state index contributed by atoms with van der Waals surface area (Å²) in [4.78, 5) is 24.4. The van der Waals surface area contributed by atoms with Crippen LogP contribution >= 0.6 is 0 Å². The number of carbonyl (C=O) groups excluding carboxylic acids is 1. The predicted molar refractivity (Wildman–Crippen MR) is 75.2 cm³/mol. The number of hydrogen-bond donors (Lipinski definition) is 1. The second-order valence-corrected chi connectivity index (χ2v) is 7.42. The standard InChI is InChI=1S/C13H23NO5S/c1-2-3-6-9-20(18,19)10-12(15)14-8-5-4-7-11(14)13(16)17/h11H,2-10H2,1H3,(H,16,17). The quantitative estimate of drug-likeness (QED) is 0.710. The molecule has 1 heterocycles. The third-order valence-corrected chi connectivity index (χ3v) is 5.11. The molecule has 0 spiro atoms. The van der Waals surface area contributed by atoms with E-state index in [0.717, 1.165) is 25.7 Å². The highest BCUT2D eigenvalue weighted by Gasteiger charge is 2.33. The normalized spacial score (nSPS) is 19.9. The van der Waals surface area contributed by atoms with Gasteiger partial charge in [-0.3, -0.25) is 4.79 Å². The summed E-state index contributed by atoms with van der Waals surface area (Å²) in [5.41, 5.74) is 0. The number of likely N-dealkylation sites (tertiary alicyclic amines) is 1. The maximum Gasteiger partial charge on any atom is 0.326 e. The summed E-state index contributed by atoms with van der Waals surface area (Å²) in [6.45, 7) is 2.31. The number of sulfone groups is 1. The minimum absolute atomic E-state index is 0.00183. The molecule has 6 nitrogen and oxygen atoms in total. The van der Waals surface area contributed by atoms with Crippen LogP contribution in [0.5, 0.6) is 0 Å². The zero-order valence-electron chi connectivity index (χ0n) is 11.9. The van der Waals surface area contributed by atoms with Crippen LogP contribution in [0, 0.1) is 0 Å². The molecule has 0 saturated carbocycles. The van der Waals surface area contributed by atoms with Crippen LogP contribution in [0.2, 0.25) is 0 Å². The van der Waals surface area contributed by atoms with Crippen LogP contribution < -0.4 is 0 Å². The average Bonchev–Trinajstić information content (AvgIpc) is 2.38. The fraction of sp³-hybridized carbons (Fsp3) is 0.846. The lowest BCUT2D eigenvalue weighted by atomic mass is 10.0. The molecule has 0 aliphatic carbocycles. The van der Waals surface area contributed by atoms with Crippen LogP contribution in [0.25, 0.3) is 0 Å². The summed E-state index contributed by atoms with van der Waals surface area (Å²) in [6.07, 6.45) is 4.16. The van der Waals surface area contributed by atoms with E-state index in [1.807, 2.05) is 6.92 Å². The van der Waals surface area contributed by atoms with Gasteiger partial charge >= 0.3 is 5.97 Å². The maximum atomic E-state index is 12.0.